The Morgan fingerprint density at radius 2 is 2.12 bits per heavy atom. The maximum atomic E-state index is 4.41. The third-order valence-electron chi connectivity index (χ3n) is 2.81. The van der Waals surface area contributed by atoms with Crippen molar-refractivity contribution in [3.63, 3.8) is 0 Å². The quantitative estimate of drug-likeness (QED) is 0.743. The van der Waals surface area contributed by atoms with Gasteiger partial charge >= 0.3 is 0 Å². The van der Waals surface area contributed by atoms with Crippen molar-refractivity contribution in [1.82, 2.24) is 15.1 Å². The summed E-state index contributed by atoms with van der Waals surface area (Å²) < 4.78 is 1.96. The predicted octanol–water partition coefficient (Wildman–Crippen LogP) is 2.27. The summed E-state index contributed by atoms with van der Waals surface area (Å²) in [5, 5.41) is 7.90. The number of nitrogens with one attached hydrogen (secondary N) is 1. The van der Waals surface area contributed by atoms with Gasteiger partial charge in [-0.2, -0.15) is 16.9 Å². The van der Waals surface area contributed by atoms with Crippen molar-refractivity contribution in [2.75, 3.05) is 18.1 Å². The molecule has 1 N–H and O–H groups in total. The van der Waals surface area contributed by atoms with E-state index in [-0.39, 0.29) is 0 Å². The van der Waals surface area contributed by atoms with Gasteiger partial charge in [0.1, 0.15) is 0 Å². The van der Waals surface area contributed by atoms with Gasteiger partial charge in [0.25, 0.3) is 0 Å². The van der Waals surface area contributed by atoms with Gasteiger partial charge in [0.05, 0.1) is 5.69 Å². The highest BCUT2D eigenvalue weighted by Crippen LogP contribution is 2.11. The van der Waals surface area contributed by atoms with E-state index in [1.165, 1.54) is 29.2 Å². The second-order valence-corrected chi connectivity index (χ2v) is 5.39. The fourth-order valence-corrected chi connectivity index (χ4v) is 2.37. The smallest absolute Gasteiger partial charge is 0.0641 e. The molecule has 0 radical (unpaired) electrons. The van der Waals surface area contributed by atoms with Gasteiger partial charge in [0, 0.05) is 24.8 Å². The topological polar surface area (TPSA) is 29.9 Å². The normalized spacial score (nSPS) is 11.0. The van der Waals surface area contributed by atoms with E-state index in [1.807, 2.05) is 23.5 Å². The fourth-order valence-electron chi connectivity index (χ4n) is 1.73. The summed E-state index contributed by atoms with van der Waals surface area (Å²) in [6.07, 6.45) is 1.25. The molecule has 0 saturated carbocycles. The molecule has 1 heterocycles. The molecular formula is C12H23N3S. The van der Waals surface area contributed by atoms with Crippen molar-refractivity contribution in [2.45, 2.75) is 33.7 Å². The number of thioether (sulfide) groups is 1. The van der Waals surface area contributed by atoms with E-state index < -0.39 is 0 Å². The SMILES string of the molecule is CCSCCCNCc1c(C)nn(C)c1C. The van der Waals surface area contributed by atoms with E-state index in [2.05, 4.69) is 31.2 Å². The number of hydrogen-bond acceptors (Lipinski definition) is 3. The molecule has 3 nitrogen and oxygen atoms in total. The second kappa shape index (κ2) is 6.97. The minimum absolute atomic E-state index is 0.947. The molecule has 0 amide bonds. The number of aryl methyl sites for hydroxylation is 2. The highest BCUT2D eigenvalue weighted by Gasteiger charge is 2.07. The summed E-state index contributed by atoms with van der Waals surface area (Å²) >= 11 is 2.01. The van der Waals surface area contributed by atoms with Crippen molar-refractivity contribution < 1.29 is 0 Å². The van der Waals surface area contributed by atoms with Crippen molar-refractivity contribution in [2.24, 2.45) is 7.05 Å². The maximum Gasteiger partial charge on any atom is 0.0641 e. The van der Waals surface area contributed by atoms with Crippen LogP contribution < -0.4 is 5.32 Å². The molecule has 0 aliphatic rings. The third kappa shape index (κ3) is 3.83. The molecule has 16 heavy (non-hydrogen) atoms. The first kappa shape index (κ1) is 13.6. The van der Waals surface area contributed by atoms with Crippen LogP contribution in [-0.4, -0.2) is 27.8 Å². The highest BCUT2D eigenvalue weighted by atomic mass is 32.2. The lowest BCUT2D eigenvalue weighted by atomic mass is 10.2. The molecule has 1 aromatic rings. The number of nitrogens with zero attached hydrogens (tertiary/aromatic N) is 2. The largest absolute Gasteiger partial charge is 0.313 e. The van der Waals surface area contributed by atoms with E-state index in [9.17, 15) is 0 Å². The molecular weight excluding hydrogens is 218 g/mol. The van der Waals surface area contributed by atoms with Gasteiger partial charge in [-0.25, -0.2) is 0 Å². The van der Waals surface area contributed by atoms with E-state index >= 15 is 0 Å². The molecule has 0 fully saturated rings. The number of rotatable bonds is 7. The predicted molar refractivity (Wildman–Crippen MR) is 72.0 cm³/mol. The minimum Gasteiger partial charge on any atom is -0.313 e. The lowest BCUT2D eigenvalue weighted by Gasteiger charge is -2.05. The minimum atomic E-state index is 0.947. The highest BCUT2D eigenvalue weighted by molar-refractivity contribution is 7.99. The van der Waals surface area contributed by atoms with Gasteiger partial charge < -0.3 is 5.32 Å². The standard InChI is InChI=1S/C12H23N3S/c1-5-16-8-6-7-13-9-12-10(2)14-15(4)11(12)3/h13H,5-9H2,1-4H3. The van der Waals surface area contributed by atoms with Crippen LogP contribution in [0.3, 0.4) is 0 Å². The van der Waals surface area contributed by atoms with E-state index in [0.717, 1.165) is 18.8 Å². The lowest BCUT2D eigenvalue weighted by molar-refractivity contribution is 0.672. The van der Waals surface area contributed by atoms with Gasteiger partial charge in [-0.1, -0.05) is 6.92 Å². The summed E-state index contributed by atoms with van der Waals surface area (Å²) in [7, 11) is 2.00. The van der Waals surface area contributed by atoms with E-state index in [4.69, 9.17) is 0 Å². The van der Waals surface area contributed by atoms with Crippen molar-refractivity contribution in [3.05, 3.63) is 17.0 Å². The van der Waals surface area contributed by atoms with Gasteiger partial charge in [-0.3, -0.25) is 4.68 Å². The van der Waals surface area contributed by atoms with Crippen LogP contribution in [0.4, 0.5) is 0 Å². The molecule has 0 atom stereocenters. The van der Waals surface area contributed by atoms with Gasteiger partial charge in [-0.15, -0.1) is 0 Å². The molecule has 1 aromatic heterocycles. The Morgan fingerprint density at radius 3 is 2.69 bits per heavy atom. The molecule has 0 aliphatic heterocycles. The van der Waals surface area contributed by atoms with Crippen LogP contribution in [0, 0.1) is 13.8 Å². The molecule has 0 aromatic carbocycles. The summed E-state index contributed by atoms with van der Waals surface area (Å²) in [6, 6.07) is 0. The molecule has 0 aliphatic carbocycles. The van der Waals surface area contributed by atoms with Crippen LogP contribution in [0.1, 0.15) is 30.3 Å². The Labute approximate surface area is 103 Å². The van der Waals surface area contributed by atoms with Gasteiger partial charge in [0.2, 0.25) is 0 Å². The average Bonchev–Trinajstić information content (AvgIpc) is 2.49. The monoisotopic (exact) mass is 241 g/mol. The van der Waals surface area contributed by atoms with Crippen LogP contribution in [0.25, 0.3) is 0 Å². The zero-order chi connectivity index (χ0) is 12.0. The maximum absolute atomic E-state index is 4.41. The van der Waals surface area contributed by atoms with Crippen LogP contribution in [0.2, 0.25) is 0 Å². The van der Waals surface area contributed by atoms with E-state index in [1.54, 1.807) is 0 Å². The molecule has 1 rings (SSSR count). The third-order valence-corrected chi connectivity index (χ3v) is 3.79. The Bertz CT molecular complexity index is 320. The summed E-state index contributed by atoms with van der Waals surface area (Å²) in [6.45, 7) is 8.46. The van der Waals surface area contributed by atoms with Crippen LogP contribution in [0.5, 0.6) is 0 Å². The van der Waals surface area contributed by atoms with Crippen LogP contribution in [0.15, 0.2) is 0 Å². The molecule has 4 heteroatoms. The Hall–Kier alpha value is -0.480. The van der Waals surface area contributed by atoms with Crippen molar-refractivity contribution >= 4 is 11.8 Å². The molecule has 92 valence electrons. The fraction of sp³-hybridized carbons (Fsp3) is 0.750. The van der Waals surface area contributed by atoms with Gasteiger partial charge in [-0.05, 0) is 38.3 Å². The molecule has 0 spiro atoms. The summed E-state index contributed by atoms with van der Waals surface area (Å²) in [5.41, 5.74) is 3.77. The van der Waals surface area contributed by atoms with Crippen molar-refractivity contribution in [1.29, 1.82) is 0 Å². The average molecular weight is 241 g/mol. The lowest BCUT2D eigenvalue weighted by Crippen LogP contribution is -2.16. The Morgan fingerprint density at radius 1 is 1.38 bits per heavy atom. The number of hydrogen-bond donors (Lipinski definition) is 1. The van der Waals surface area contributed by atoms with Gasteiger partial charge in [0.15, 0.2) is 0 Å². The van der Waals surface area contributed by atoms with E-state index in [0.29, 0.717) is 0 Å². The zero-order valence-corrected chi connectivity index (χ0v) is 11.7. The molecule has 0 saturated heterocycles. The first-order chi connectivity index (χ1) is 7.66. The second-order valence-electron chi connectivity index (χ2n) is 4.00. The molecule has 0 unspecified atom stereocenters. The summed E-state index contributed by atoms with van der Waals surface area (Å²) in [5.74, 6) is 2.48. The summed E-state index contributed by atoms with van der Waals surface area (Å²) in [4.78, 5) is 0. The Kier molecular flexibility index (Phi) is 5.91. The van der Waals surface area contributed by atoms with Crippen LogP contribution >= 0.6 is 11.8 Å². The first-order valence-corrected chi connectivity index (χ1v) is 7.09. The molecule has 0 bridgehead atoms. The van der Waals surface area contributed by atoms with Crippen LogP contribution in [-0.2, 0) is 13.6 Å². The van der Waals surface area contributed by atoms with Crippen molar-refractivity contribution in [3.8, 4) is 0 Å². The Balaban J connectivity index is 2.26. The zero-order valence-electron chi connectivity index (χ0n) is 10.8. The number of aromatic nitrogens is 2. The first-order valence-electron chi connectivity index (χ1n) is 5.94.